The van der Waals surface area contributed by atoms with Crippen molar-refractivity contribution >= 4 is 35.2 Å². The van der Waals surface area contributed by atoms with Gasteiger partial charge in [0.05, 0.1) is 17.4 Å². The fourth-order valence-corrected chi connectivity index (χ4v) is 3.62. The third-order valence-electron chi connectivity index (χ3n) is 3.28. The minimum atomic E-state index is 0.395. The lowest BCUT2D eigenvalue weighted by Gasteiger charge is -2.14. The van der Waals surface area contributed by atoms with Gasteiger partial charge >= 0.3 is 0 Å². The molecule has 2 heterocycles. The molecule has 4 nitrogen and oxygen atoms in total. The molecule has 0 aliphatic rings. The summed E-state index contributed by atoms with van der Waals surface area (Å²) in [5.41, 5.74) is 1.15. The maximum absolute atomic E-state index is 5.96. The third kappa shape index (κ3) is 4.51. The number of nitrogens with zero attached hydrogens (tertiary/aromatic N) is 3. The first-order valence-corrected chi connectivity index (χ1v) is 8.74. The molecule has 3 aromatic rings. The van der Waals surface area contributed by atoms with Gasteiger partial charge in [0.25, 0.3) is 4.84 Å². The van der Waals surface area contributed by atoms with Crippen LogP contribution >= 0.6 is 35.2 Å². The summed E-state index contributed by atoms with van der Waals surface area (Å²) in [6.45, 7) is 1.37. The predicted molar refractivity (Wildman–Crippen MR) is 95.4 cm³/mol. The van der Waals surface area contributed by atoms with Crippen LogP contribution in [0.1, 0.15) is 16.3 Å². The lowest BCUT2D eigenvalue weighted by molar-refractivity contribution is 0.242. The molecule has 0 radical (unpaired) electrons. The topological polar surface area (TPSA) is 34.2 Å². The van der Waals surface area contributed by atoms with Crippen LogP contribution in [0.15, 0.2) is 46.9 Å². The van der Waals surface area contributed by atoms with Gasteiger partial charge in [-0.25, -0.2) is 4.68 Å². The summed E-state index contributed by atoms with van der Waals surface area (Å²) in [5, 5.41) is 4.47. The van der Waals surface area contributed by atoms with E-state index in [1.54, 1.807) is 16.0 Å². The molecular formula is C16H16ClN3OS2. The molecule has 0 saturated heterocycles. The highest BCUT2D eigenvalue weighted by Gasteiger charge is 2.09. The normalized spacial score (nSPS) is 11.3. The van der Waals surface area contributed by atoms with Crippen LogP contribution in [0.2, 0.25) is 4.34 Å². The van der Waals surface area contributed by atoms with Gasteiger partial charge in [0, 0.05) is 11.4 Å². The Labute approximate surface area is 148 Å². The second-order valence-electron chi connectivity index (χ2n) is 5.29. The van der Waals surface area contributed by atoms with E-state index >= 15 is 0 Å². The Hall–Kier alpha value is -1.47. The van der Waals surface area contributed by atoms with Crippen LogP contribution in [0.3, 0.4) is 0 Å². The van der Waals surface area contributed by atoms with Crippen LogP contribution in [0.25, 0.3) is 0 Å². The van der Waals surface area contributed by atoms with E-state index in [4.69, 9.17) is 28.2 Å². The zero-order valence-corrected chi connectivity index (χ0v) is 15.0. The van der Waals surface area contributed by atoms with Gasteiger partial charge in [-0.05, 0) is 37.0 Å². The zero-order valence-electron chi connectivity index (χ0n) is 12.6. The van der Waals surface area contributed by atoms with Gasteiger partial charge in [-0.15, -0.1) is 16.4 Å². The summed E-state index contributed by atoms with van der Waals surface area (Å²) in [5.74, 6) is 0.633. The van der Waals surface area contributed by atoms with E-state index in [1.807, 2.05) is 49.5 Å². The number of benzene rings is 1. The molecule has 0 spiro atoms. The van der Waals surface area contributed by atoms with Crippen molar-refractivity contribution in [2.45, 2.75) is 19.6 Å². The monoisotopic (exact) mass is 365 g/mol. The van der Waals surface area contributed by atoms with Crippen molar-refractivity contribution in [3.63, 3.8) is 0 Å². The molecule has 3 rings (SSSR count). The van der Waals surface area contributed by atoms with Crippen LogP contribution in [0, 0.1) is 4.84 Å². The van der Waals surface area contributed by atoms with Crippen molar-refractivity contribution in [2.24, 2.45) is 0 Å². The summed E-state index contributed by atoms with van der Waals surface area (Å²) < 4.78 is 8.11. The van der Waals surface area contributed by atoms with Crippen LogP contribution in [-0.4, -0.2) is 21.7 Å². The van der Waals surface area contributed by atoms with Crippen LogP contribution < -0.4 is 0 Å². The molecule has 1 aromatic carbocycles. The minimum absolute atomic E-state index is 0.395. The summed E-state index contributed by atoms with van der Waals surface area (Å²) in [6.07, 6.45) is 0.641. The molecule has 0 bridgehead atoms. The van der Waals surface area contributed by atoms with E-state index in [-0.39, 0.29) is 0 Å². The lowest BCUT2D eigenvalue weighted by atomic mass is 10.2. The van der Waals surface area contributed by atoms with Gasteiger partial charge in [0.2, 0.25) is 5.89 Å². The predicted octanol–water partition coefficient (Wildman–Crippen LogP) is 4.60. The molecule has 0 atom stereocenters. The Balaban J connectivity index is 1.65. The first-order chi connectivity index (χ1) is 11.1. The summed E-state index contributed by atoms with van der Waals surface area (Å²) >= 11 is 12.8. The molecule has 0 fully saturated rings. The van der Waals surface area contributed by atoms with E-state index in [0.717, 1.165) is 16.4 Å². The van der Waals surface area contributed by atoms with Crippen LogP contribution in [0.5, 0.6) is 0 Å². The third-order valence-corrected chi connectivity index (χ3v) is 4.79. The van der Waals surface area contributed by atoms with Crippen molar-refractivity contribution in [1.82, 2.24) is 14.7 Å². The maximum Gasteiger partial charge on any atom is 0.288 e. The van der Waals surface area contributed by atoms with Gasteiger partial charge in [-0.1, -0.05) is 41.9 Å². The summed E-state index contributed by atoms with van der Waals surface area (Å²) in [7, 11) is 2.01. The molecule has 120 valence electrons. The van der Waals surface area contributed by atoms with Crippen molar-refractivity contribution in [3.05, 3.63) is 68.0 Å². The molecule has 23 heavy (non-hydrogen) atoms. The number of thiophene rings is 1. The number of aromatic nitrogens is 2. The molecule has 0 unspecified atom stereocenters. The Bertz CT molecular complexity index is 825. The highest BCUT2D eigenvalue weighted by molar-refractivity contribution is 7.71. The number of halogens is 1. The number of rotatable bonds is 6. The van der Waals surface area contributed by atoms with E-state index < -0.39 is 0 Å². The maximum atomic E-state index is 5.96. The zero-order chi connectivity index (χ0) is 16.2. The van der Waals surface area contributed by atoms with E-state index in [1.165, 1.54) is 4.88 Å². The molecule has 0 N–H and O–H groups in total. The fraction of sp³-hybridized carbons (Fsp3) is 0.250. The van der Waals surface area contributed by atoms with E-state index in [0.29, 0.717) is 23.8 Å². The molecule has 2 aromatic heterocycles. The van der Waals surface area contributed by atoms with Crippen LogP contribution in [-0.2, 0) is 19.6 Å². The van der Waals surface area contributed by atoms with Gasteiger partial charge in [0.1, 0.15) is 0 Å². The minimum Gasteiger partial charge on any atom is -0.414 e. The molecule has 0 amide bonds. The summed E-state index contributed by atoms with van der Waals surface area (Å²) in [4.78, 5) is 3.72. The Morgan fingerprint density at radius 2 is 2.04 bits per heavy atom. The Kier molecular flexibility index (Phi) is 5.27. The Morgan fingerprint density at radius 3 is 2.74 bits per heavy atom. The number of hydrogen-bond acceptors (Lipinski definition) is 5. The number of hydrogen-bond donors (Lipinski definition) is 0. The van der Waals surface area contributed by atoms with Crippen molar-refractivity contribution in [1.29, 1.82) is 0 Å². The standard InChI is InChI=1S/C16H16ClN3OS2/c1-19(10-13-7-8-14(17)23-13)11-20-16(22)21-15(18-20)9-12-5-3-2-4-6-12/h2-8H,9-11H2,1H3. The largest absolute Gasteiger partial charge is 0.414 e. The molecule has 0 aliphatic carbocycles. The van der Waals surface area contributed by atoms with Gasteiger partial charge in [0.15, 0.2) is 0 Å². The molecular weight excluding hydrogens is 350 g/mol. The van der Waals surface area contributed by atoms with E-state index in [9.17, 15) is 0 Å². The smallest absolute Gasteiger partial charge is 0.288 e. The highest BCUT2D eigenvalue weighted by Crippen LogP contribution is 2.22. The fourth-order valence-electron chi connectivity index (χ4n) is 2.26. The first-order valence-electron chi connectivity index (χ1n) is 7.13. The quantitative estimate of drug-likeness (QED) is 0.598. The highest BCUT2D eigenvalue weighted by atomic mass is 35.5. The average molecular weight is 366 g/mol. The van der Waals surface area contributed by atoms with Gasteiger partial charge < -0.3 is 4.42 Å². The van der Waals surface area contributed by atoms with E-state index in [2.05, 4.69) is 10.00 Å². The van der Waals surface area contributed by atoms with Crippen molar-refractivity contribution in [3.8, 4) is 0 Å². The van der Waals surface area contributed by atoms with Crippen molar-refractivity contribution < 1.29 is 4.42 Å². The molecule has 0 aliphatic heterocycles. The van der Waals surface area contributed by atoms with Gasteiger partial charge in [-0.3, -0.25) is 4.90 Å². The first kappa shape index (κ1) is 16.4. The second-order valence-corrected chi connectivity index (χ2v) is 7.43. The average Bonchev–Trinajstić information content (AvgIpc) is 3.06. The Morgan fingerprint density at radius 1 is 1.26 bits per heavy atom. The SMILES string of the molecule is CN(Cc1ccc(Cl)s1)Cn1nc(Cc2ccccc2)oc1=S. The van der Waals surface area contributed by atoms with Crippen LogP contribution in [0.4, 0.5) is 0 Å². The summed E-state index contributed by atoms with van der Waals surface area (Å²) in [6, 6.07) is 14.0. The van der Waals surface area contributed by atoms with Crippen molar-refractivity contribution in [2.75, 3.05) is 7.05 Å². The molecule has 0 saturated carbocycles. The van der Waals surface area contributed by atoms with Gasteiger partial charge in [-0.2, -0.15) is 0 Å². The molecule has 7 heteroatoms. The lowest BCUT2D eigenvalue weighted by Crippen LogP contribution is -2.22. The second kappa shape index (κ2) is 7.40.